The normalized spacial score (nSPS) is 15.2. The number of likely N-dealkylation sites (tertiary alicyclic amines) is 1. The van der Waals surface area contributed by atoms with E-state index >= 15 is 0 Å². The molecule has 0 spiro atoms. The number of hydrogen-bond acceptors (Lipinski definition) is 3. The van der Waals surface area contributed by atoms with Crippen LogP contribution in [-0.2, 0) is 0 Å². The van der Waals surface area contributed by atoms with E-state index < -0.39 is 0 Å². The van der Waals surface area contributed by atoms with Crippen molar-refractivity contribution < 1.29 is 14.0 Å². The van der Waals surface area contributed by atoms with Gasteiger partial charge in [-0.2, -0.15) is 0 Å². The number of carbonyl (C=O) groups is 2. The number of amides is 2. The summed E-state index contributed by atoms with van der Waals surface area (Å²) in [6.45, 7) is 5.02. The number of halogens is 1. The standard InChI is InChI=1S/C27H28FN3O2/c1-18-8-13-24(26(32)30-19(2)20-6-4-3-5-7-20)25(29-18)21-14-16-31(17-15-21)27(33)22-9-11-23(28)12-10-22/h3-13,19,21H,14-17H2,1-2H3,(H,30,32). The first-order chi connectivity index (χ1) is 15.9. The van der Waals surface area contributed by atoms with Gasteiger partial charge >= 0.3 is 0 Å². The van der Waals surface area contributed by atoms with Gasteiger partial charge in [0.1, 0.15) is 5.82 Å². The van der Waals surface area contributed by atoms with E-state index in [4.69, 9.17) is 4.98 Å². The largest absolute Gasteiger partial charge is 0.345 e. The van der Waals surface area contributed by atoms with Gasteiger partial charge in [0.2, 0.25) is 0 Å². The maximum Gasteiger partial charge on any atom is 0.253 e. The van der Waals surface area contributed by atoms with E-state index in [1.54, 1.807) is 4.90 Å². The molecule has 1 atom stereocenters. The van der Waals surface area contributed by atoms with Crippen molar-refractivity contribution in [3.8, 4) is 0 Å². The lowest BCUT2D eigenvalue weighted by atomic mass is 9.89. The van der Waals surface area contributed by atoms with E-state index in [0.29, 0.717) is 24.2 Å². The SMILES string of the molecule is Cc1ccc(C(=O)NC(C)c2ccccc2)c(C2CCN(C(=O)c3ccc(F)cc3)CC2)n1. The maximum atomic E-state index is 13.2. The molecule has 33 heavy (non-hydrogen) atoms. The Hall–Kier alpha value is -3.54. The van der Waals surface area contributed by atoms with E-state index in [1.165, 1.54) is 24.3 Å². The number of aryl methyl sites for hydroxylation is 1. The van der Waals surface area contributed by atoms with Crippen LogP contribution in [0.4, 0.5) is 4.39 Å². The van der Waals surface area contributed by atoms with E-state index in [1.807, 2.05) is 56.3 Å². The molecule has 0 radical (unpaired) electrons. The summed E-state index contributed by atoms with van der Waals surface area (Å²) in [5, 5.41) is 3.09. The third kappa shape index (κ3) is 5.28. The molecule has 6 heteroatoms. The number of benzene rings is 2. The Balaban J connectivity index is 1.46. The number of carbonyl (C=O) groups excluding carboxylic acids is 2. The molecule has 0 aliphatic carbocycles. The third-order valence-electron chi connectivity index (χ3n) is 6.22. The van der Waals surface area contributed by atoms with E-state index in [0.717, 1.165) is 29.8 Å². The second-order valence-corrected chi connectivity index (χ2v) is 8.56. The summed E-state index contributed by atoms with van der Waals surface area (Å²) in [5.41, 5.74) is 3.77. The first kappa shape index (κ1) is 22.6. The van der Waals surface area contributed by atoms with Gasteiger partial charge in [-0.1, -0.05) is 30.3 Å². The lowest BCUT2D eigenvalue weighted by molar-refractivity contribution is 0.0710. The maximum absolute atomic E-state index is 13.2. The summed E-state index contributed by atoms with van der Waals surface area (Å²) >= 11 is 0. The predicted octanol–water partition coefficient (Wildman–Crippen LogP) is 5.04. The molecule has 2 aromatic carbocycles. The highest BCUT2D eigenvalue weighted by molar-refractivity contribution is 5.96. The lowest BCUT2D eigenvalue weighted by Crippen LogP contribution is -2.38. The number of rotatable bonds is 5. The number of piperidine rings is 1. The summed E-state index contributed by atoms with van der Waals surface area (Å²) in [4.78, 5) is 32.4. The zero-order valence-corrected chi connectivity index (χ0v) is 18.9. The van der Waals surface area contributed by atoms with Gasteiger partial charge in [-0.05, 0) is 68.7 Å². The number of nitrogens with zero attached hydrogens (tertiary/aromatic N) is 2. The van der Waals surface area contributed by atoms with Crippen molar-refractivity contribution in [1.29, 1.82) is 0 Å². The van der Waals surface area contributed by atoms with Gasteiger partial charge in [-0.15, -0.1) is 0 Å². The van der Waals surface area contributed by atoms with Crippen LogP contribution in [0.1, 0.15) is 69.4 Å². The Bertz CT molecular complexity index is 1120. The van der Waals surface area contributed by atoms with Crippen LogP contribution in [0, 0.1) is 12.7 Å². The summed E-state index contributed by atoms with van der Waals surface area (Å²) < 4.78 is 13.2. The van der Waals surface area contributed by atoms with Crippen LogP contribution >= 0.6 is 0 Å². The quantitative estimate of drug-likeness (QED) is 0.599. The summed E-state index contributed by atoms with van der Waals surface area (Å²) in [5.74, 6) is -0.503. The molecule has 0 saturated carbocycles. The van der Waals surface area contributed by atoms with Crippen LogP contribution in [0.5, 0.6) is 0 Å². The number of aromatic nitrogens is 1. The highest BCUT2D eigenvalue weighted by Gasteiger charge is 2.28. The van der Waals surface area contributed by atoms with Gasteiger partial charge in [-0.25, -0.2) is 4.39 Å². The molecule has 5 nitrogen and oxygen atoms in total. The van der Waals surface area contributed by atoms with Crippen molar-refractivity contribution in [2.24, 2.45) is 0 Å². The average Bonchev–Trinajstić information content (AvgIpc) is 2.84. The van der Waals surface area contributed by atoms with Crippen molar-refractivity contribution >= 4 is 11.8 Å². The van der Waals surface area contributed by atoms with E-state index in [2.05, 4.69) is 5.32 Å². The molecule has 1 aliphatic heterocycles. The Morgan fingerprint density at radius 2 is 1.67 bits per heavy atom. The first-order valence-electron chi connectivity index (χ1n) is 11.3. The van der Waals surface area contributed by atoms with Crippen molar-refractivity contribution in [3.63, 3.8) is 0 Å². The number of pyridine rings is 1. The fourth-order valence-corrected chi connectivity index (χ4v) is 4.31. The molecular weight excluding hydrogens is 417 g/mol. The fraction of sp³-hybridized carbons (Fsp3) is 0.296. The van der Waals surface area contributed by atoms with Gasteiger partial charge in [-0.3, -0.25) is 14.6 Å². The van der Waals surface area contributed by atoms with E-state index in [9.17, 15) is 14.0 Å². The molecule has 3 aromatic rings. The molecule has 1 aromatic heterocycles. The predicted molar refractivity (Wildman–Crippen MR) is 126 cm³/mol. The second kappa shape index (κ2) is 9.94. The van der Waals surface area contributed by atoms with Gasteiger partial charge in [0.05, 0.1) is 17.3 Å². The lowest BCUT2D eigenvalue weighted by Gasteiger charge is -2.32. The summed E-state index contributed by atoms with van der Waals surface area (Å²) in [6, 6.07) is 19.1. The summed E-state index contributed by atoms with van der Waals surface area (Å²) in [7, 11) is 0. The molecule has 1 N–H and O–H groups in total. The Labute approximate surface area is 193 Å². The fourth-order valence-electron chi connectivity index (χ4n) is 4.31. The second-order valence-electron chi connectivity index (χ2n) is 8.56. The molecule has 0 bridgehead atoms. The van der Waals surface area contributed by atoms with Crippen molar-refractivity contribution in [3.05, 3.63) is 101 Å². The Morgan fingerprint density at radius 3 is 2.33 bits per heavy atom. The minimum Gasteiger partial charge on any atom is -0.345 e. The molecule has 2 amide bonds. The highest BCUT2D eigenvalue weighted by atomic mass is 19.1. The highest BCUT2D eigenvalue weighted by Crippen LogP contribution is 2.30. The Kier molecular flexibility index (Phi) is 6.82. The van der Waals surface area contributed by atoms with Gasteiger partial charge in [0, 0.05) is 30.3 Å². The molecule has 1 aliphatic rings. The van der Waals surface area contributed by atoms with Crippen LogP contribution in [0.15, 0.2) is 66.7 Å². The van der Waals surface area contributed by atoms with Crippen LogP contribution < -0.4 is 5.32 Å². The third-order valence-corrected chi connectivity index (χ3v) is 6.22. The Morgan fingerprint density at radius 1 is 1.00 bits per heavy atom. The number of nitrogens with one attached hydrogen (secondary N) is 1. The molecular formula is C27H28FN3O2. The summed E-state index contributed by atoms with van der Waals surface area (Å²) in [6.07, 6.45) is 1.44. The van der Waals surface area contributed by atoms with Crippen molar-refractivity contribution in [2.75, 3.05) is 13.1 Å². The zero-order chi connectivity index (χ0) is 23.4. The van der Waals surface area contributed by atoms with Crippen molar-refractivity contribution in [1.82, 2.24) is 15.2 Å². The molecule has 170 valence electrons. The van der Waals surface area contributed by atoms with Crippen LogP contribution in [-0.4, -0.2) is 34.8 Å². The molecule has 1 fully saturated rings. The molecule has 1 saturated heterocycles. The minimum absolute atomic E-state index is 0.0925. The topological polar surface area (TPSA) is 62.3 Å². The molecule has 2 heterocycles. The number of hydrogen-bond donors (Lipinski definition) is 1. The van der Waals surface area contributed by atoms with Crippen LogP contribution in [0.3, 0.4) is 0 Å². The van der Waals surface area contributed by atoms with Gasteiger partial charge in [0.25, 0.3) is 11.8 Å². The molecule has 1 unspecified atom stereocenters. The molecule has 4 rings (SSSR count). The van der Waals surface area contributed by atoms with Gasteiger partial charge in [0.15, 0.2) is 0 Å². The minimum atomic E-state index is -0.358. The van der Waals surface area contributed by atoms with Gasteiger partial charge < -0.3 is 10.2 Å². The van der Waals surface area contributed by atoms with Crippen molar-refractivity contribution in [2.45, 2.75) is 38.6 Å². The average molecular weight is 446 g/mol. The van der Waals surface area contributed by atoms with Crippen LogP contribution in [0.25, 0.3) is 0 Å². The smallest absolute Gasteiger partial charge is 0.253 e. The van der Waals surface area contributed by atoms with Crippen LogP contribution in [0.2, 0.25) is 0 Å². The zero-order valence-electron chi connectivity index (χ0n) is 18.9. The first-order valence-corrected chi connectivity index (χ1v) is 11.3. The van der Waals surface area contributed by atoms with E-state index in [-0.39, 0.29) is 29.6 Å². The monoisotopic (exact) mass is 445 g/mol.